The Labute approximate surface area is 221 Å². The van der Waals surface area contributed by atoms with Crippen molar-refractivity contribution < 1.29 is 23.9 Å². The third-order valence-electron chi connectivity index (χ3n) is 7.77. The Morgan fingerprint density at radius 1 is 0.868 bits per heavy atom. The number of ether oxygens (including phenoxy) is 1. The first-order valence-electron chi connectivity index (χ1n) is 12.9. The number of amides is 3. The van der Waals surface area contributed by atoms with Gasteiger partial charge in [-0.3, -0.25) is 19.3 Å². The molecule has 0 spiro atoms. The van der Waals surface area contributed by atoms with Crippen LogP contribution in [0.2, 0.25) is 0 Å². The van der Waals surface area contributed by atoms with Gasteiger partial charge in [0.15, 0.2) is 6.61 Å². The van der Waals surface area contributed by atoms with E-state index in [-0.39, 0.29) is 35.1 Å². The van der Waals surface area contributed by atoms with Crippen LogP contribution in [-0.4, -0.2) is 30.3 Å². The van der Waals surface area contributed by atoms with Crippen molar-refractivity contribution in [2.45, 2.75) is 39.0 Å². The van der Waals surface area contributed by atoms with Gasteiger partial charge in [-0.15, -0.1) is 0 Å². The summed E-state index contributed by atoms with van der Waals surface area (Å²) in [6.45, 7) is 3.43. The molecule has 2 fully saturated rings. The van der Waals surface area contributed by atoms with Crippen molar-refractivity contribution in [2.75, 3.05) is 16.8 Å². The zero-order chi connectivity index (χ0) is 26.8. The van der Waals surface area contributed by atoms with E-state index < -0.39 is 18.5 Å². The molecule has 3 atom stereocenters. The van der Waals surface area contributed by atoms with Crippen LogP contribution < -0.4 is 10.2 Å². The number of hydrogen-bond donors (Lipinski definition) is 1. The molecule has 0 bridgehead atoms. The summed E-state index contributed by atoms with van der Waals surface area (Å²) in [5, 5.41) is 2.75. The average molecular weight is 511 g/mol. The van der Waals surface area contributed by atoms with Crippen molar-refractivity contribution in [3.63, 3.8) is 0 Å². The van der Waals surface area contributed by atoms with Crippen LogP contribution in [0.25, 0.3) is 0 Å². The summed E-state index contributed by atoms with van der Waals surface area (Å²) in [6, 6.07) is 21.9. The van der Waals surface area contributed by atoms with Crippen LogP contribution in [0.4, 0.5) is 11.4 Å². The Bertz CT molecular complexity index is 1380. The minimum Gasteiger partial charge on any atom is -0.452 e. The number of esters is 1. The topological polar surface area (TPSA) is 92.8 Å². The molecule has 0 unspecified atom stereocenters. The number of nitrogens with zero attached hydrogens (tertiary/aromatic N) is 1. The number of rotatable bonds is 6. The number of fused-ring (bicyclic) bond motifs is 1. The quantitative estimate of drug-likeness (QED) is 0.365. The average Bonchev–Trinajstić information content (AvgIpc) is 3.19. The van der Waals surface area contributed by atoms with E-state index in [4.69, 9.17) is 4.74 Å². The maximum absolute atomic E-state index is 13.3. The van der Waals surface area contributed by atoms with Crippen molar-refractivity contribution in [1.29, 1.82) is 0 Å². The largest absolute Gasteiger partial charge is 0.452 e. The third kappa shape index (κ3) is 4.96. The fraction of sp³-hybridized carbons (Fsp3) is 0.290. The SMILES string of the molecule is Cc1cccc(NC(=O)COC(=O)c2ccc(N3C(=O)[C@@H]4CC[C@@H](c5ccccc5)C[C@H]4C3=O)cc2)c1C. The van der Waals surface area contributed by atoms with Crippen molar-refractivity contribution >= 4 is 35.1 Å². The van der Waals surface area contributed by atoms with Crippen molar-refractivity contribution in [1.82, 2.24) is 0 Å². The monoisotopic (exact) mass is 510 g/mol. The first-order chi connectivity index (χ1) is 18.3. The first-order valence-corrected chi connectivity index (χ1v) is 12.9. The van der Waals surface area contributed by atoms with Crippen LogP contribution in [0.15, 0.2) is 72.8 Å². The molecule has 1 saturated carbocycles. The molecule has 194 valence electrons. The summed E-state index contributed by atoms with van der Waals surface area (Å²) >= 11 is 0. The number of nitrogens with one attached hydrogen (secondary N) is 1. The lowest BCUT2D eigenvalue weighted by molar-refractivity contribution is -0.122. The predicted octanol–water partition coefficient (Wildman–Crippen LogP) is 5.17. The summed E-state index contributed by atoms with van der Waals surface area (Å²) in [5.41, 5.74) is 4.54. The van der Waals surface area contributed by atoms with Gasteiger partial charge in [0.25, 0.3) is 5.91 Å². The van der Waals surface area contributed by atoms with E-state index in [1.165, 1.54) is 22.6 Å². The normalized spacial score (nSPS) is 20.7. The maximum atomic E-state index is 13.3. The van der Waals surface area contributed by atoms with Gasteiger partial charge >= 0.3 is 5.97 Å². The van der Waals surface area contributed by atoms with Gasteiger partial charge in [0.1, 0.15) is 0 Å². The second-order valence-electron chi connectivity index (χ2n) is 10.1. The molecule has 1 N–H and O–H groups in total. The molecule has 1 aliphatic carbocycles. The number of anilines is 2. The van der Waals surface area contributed by atoms with Gasteiger partial charge in [0, 0.05) is 5.69 Å². The zero-order valence-corrected chi connectivity index (χ0v) is 21.5. The summed E-state index contributed by atoms with van der Waals surface area (Å²) in [5.74, 6) is -1.83. The molecule has 3 aromatic carbocycles. The number of hydrogen-bond acceptors (Lipinski definition) is 5. The van der Waals surface area contributed by atoms with E-state index in [9.17, 15) is 19.2 Å². The molecule has 7 nitrogen and oxygen atoms in total. The zero-order valence-electron chi connectivity index (χ0n) is 21.5. The molecule has 5 rings (SSSR count). The molecule has 0 aromatic heterocycles. The van der Waals surface area contributed by atoms with E-state index in [2.05, 4.69) is 17.4 Å². The van der Waals surface area contributed by atoms with E-state index in [1.807, 2.05) is 44.2 Å². The van der Waals surface area contributed by atoms with Crippen LogP contribution in [0.3, 0.4) is 0 Å². The Morgan fingerprint density at radius 3 is 2.32 bits per heavy atom. The molecule has 3 aromatic rings. The summed E-state index contributed by atoms with van der Waals surface area (Å²) < 4.78 is 5.17. The minimum atomic E-state index is -0.661. The van der Waals surface area contributed by atoms with E-state index in [1.54, 1.807) is 18.2 Å². The smallest absolute Gasteiger partial charge is 0.338 e. The Balaban J connectivity index is 1.20. The Morgan fingerprint density at radius 2 is 1.58 bits per heavy atom. The fourth-order valence-electron chi connectivity index (χ4n) is 5.50. The Kier molecular flexibility index (Phi) is 7.09. The van der Waals surface area contributed by atoms with E-state index in [0.717, 1.165) is 17.5 Å². The molecular weight excluding hydrogens is 480 g/mol. The summed E-state index contributed by atoms with van der Waals surface area (Å²) in [7, 11) is 0. The Hall–Kier alpha value is -4.26. The number of aryl methyl sites for hydroxylation is 1. The van der Waals surface area contributed by atoms with Crippen molar-refractivity contribution in [3.8, 4) is 0 Å². The molecule has 3 amide bonds. The van der Waals surface area contributed by atoms with Gasteiger partial charge < -0.3 is 10.1 Å². The van der Waals surface area contributed by atoms with Crippen LogP contribution >= 0.6 is 0 Å². The summed E-state index contributed by atoms with van der Waals surface area (Å²) in [4.78, 5) is 52.5. The highest BCUT2D eigenvalue weighted by Gasteiger charge is 2.50. The van der Waals surface area contributed by atoms with Gasteiger partial charge in [-0.1, -0.05) is 42.5 Å². The van der Waals surface area contributed by atoms with Crippen molar-refractivity contribution in [3.05, 3.63) is 95.1 Å². The van der Waals surface area contributed by atoms with Crippen LogP contribution in [0, 0.1) is 25.7 Å². The molecule has 7 heteroatoms. The number of imide groups is 1. The number of carbonyl (C=O) groups is 4. The lowest BCUT2D eigenvalue weighted by atomic mass is 9.73. The second-order valence-corrected chi connectivity index (χ2v) is 10.1. The molecule has 1 saturated heterocycles. The molecule has 38 heavy (non-hydrogen) atoms. The molecule has 1 aliphatic heterocycles. The van der Waals surface area contributed by atoms with Gasteiger partial charge in [-0.05, 0) is 86.1 Å². The van der Waals surface area contributed by atoms with Gasteiger partial charge in [-0.25, -0.2) is 4.79 Å². The van der Waals surface area contributed by atoms with Crippen LogP contribution in [0.5, 0.6) is 0 Å². The van der Waals surface area contributed by atoms with Gasteiger partial charge in [0.2, 0.25) is 11.8 Å². The maximum Gasteiger partial charge on any atom is 0.338 e. The number of benzene rings is 3. The van der Waals surface area contributed by atoms with Gasteiger partial charge in [-0.2, -0.15) is 0 Å². The third-order valence-corrected chi connectivity index (χ3v) is 7.77. The minimum absolute atomic E-state index is 0.176. The standard InChI is InChI=1S/C31H30N2O5/c1-19-7-6-10-27(20(19)2)32-28(34)18-38-31(37)22-11-14-24(15-12-22)33-29(35)25-16-13-23(17-26(25)30(33)36)21-8-4-3-5-9-21/h3-12,14-15,23,25-26H,13,16-18H2,1-2H3,(H,32,34)/t23-,25-,26-/m1/s1. The van der Waals surface area contributed by atoms with E-state index >= 15 is 0 Å². The fourth-order valence-corrected chi connectivity index (χ4v) is 5.50. The molecule has 0 radical (unpaired) electrons. The molecule has 2 aliphatic rings. The predicted molar refractivity (Wildman–Crippen MR) is 144 cm³/mol. The lowest BCUT2D eigenvalue weighted by Gasteiger charge is -2.28. The lowest BCUT2D eigenvalue weighted by Crippen LogP contribution is -2.30. The van der Waals surface area contributed by atoms with Gasteiger partial charge in [0.05, 0.1) is 23.1 Å². The van der Waals surface area contributed by atoms with Crippen molar-refractivity contribution in [2.24, 2.45) is 11.8 Å². The van der Waals surface area contributed by atoms with Crippen LogP contribution in [0.1, 0.15) is 52.2 Å². The highest BCUT2D eigenvalue weighted by molar-refractivity contribution is 6.22. The van der Waals surface area contributed by atoms with E-state index in [0.29, 0.717) is 24.2 Å². The molecular formula is C31H30N2O5. The molecule has 1 heterocycles. The van der Waals surface area contributed by atoms with Crippen LogP contribution in [-0.2, 0) is 19.1 Å². The summed E-state index contributed by atoms with van der Waals surface area (Å²) in [6.07, 6.45) is 2.21. The highest BCUT2D eigenvalue weighted by atomic mass is 16.5. The number of carbonyl (C=O) groups excluding carboxylic acids is 4. The second kappa shape index (κ2) is 10.6. The first kappa shape index (κ1) is 25.4. The highest BCUT2D eigenvalue weighted by Crippen LogP contribution is 2.45.